The van der Waals surface area contributed by atoms with E-state index < -0.39 is 11.9 Å². The molecule has 0 saturated heterocycles. The van der Waals surface area contributed by atoms with Gasteiger partial charge >= 0.3 is 11.9 Å². The molecule has 68 heavy (non-hydrogen) atoms. The maximum absolute atomic E-state index is 11.8. The van der Waals surface area contributed by atoms with Gasteiger partial charge in [-0.25, -0.2) is 19.6 Å². The average Bonchev–Trinajstić information content (AvgIpc) is 3.31. The summed E-state index contributed by atoms with van der Waals surface area (Å²) in [7, 11) is 0. The molecule has 8 bridgehead atoms. The van der Waals surface area contributed by atoms with E-state index in [2.05, 4.69) is 72.6 Å². The van der Waals surface area contributed by atoms with E-state index in [1.54, 1.807) is 12.3 Å². The fourth-order valence-electron chi connectivity index (χ4n) is 15.1. The van der Waals surface area contributed by atoms with E-state index >= 15 is 0 Å². The summed E-state index contributed by atoms with van der Waals surface area (Å²) in [6.45, 7) is 0. The van der Waals surface area contributed by atoms with Crippen LogP contribution in [0.15, 0.2) is 116 Å². The van der Waals surface area contributed by atoms with Gasteiger partial charge in [-0.3, -0.25) is 4.98 Å². The molecular formula is C55H53Cl2N7O4. The molecule has 8 saturated carbocycles. The number of anilines is 8. The monoisotopic (exact) mass is 945 g/mol. The van der Waals surface area contributed by atoms with E-state index in [1.165, 1.54) is 93.8 Å². The van der Waals surface area contributed by atoms with E-state index in [0.717, 1.165) is 91.5 Å². The molecule has 14 rings (SSSR count). The number of carboxylic acids is 2. The minimum Gasteiger partial charge on any atom is -0.478 e. The van der Waals surface area contributed by atoms with Crippen LogP contribution < -0.4 is 21.3 Å². The predicted molar refractivity (Wildman–Crippen MR) is 267 cm³/mol. The molecule has 11 nitrogen and oxygen atoms in total. The second-order valence-corrected chi connectivity index (χ2v) is 21.8. The molecule has 6 aromatic rings. The second kappa shape index (κ2) is 16.8. The highest BCUT2D eigenvalue weighted by Gasteiger charge is 2.63. The maximum Gasteiger partial charge on any atom is 0.356 e. The Hall–Kier alpha value is -6.17. The zero-order chi connectivity index (χ0) is 46.3. The van der Waals surface area contributed by atoms with Crippen LogP contribution in [0.2, 0.25) is 10.0 Å². The zero-order valence-corrected chi connectivity index (χ0v) is 39.0. The van der Waals surface area contributed by atoms with Crippen LogP contribution in [-0.2, 0) is 10.8 Å². The minimum absolute atomic E-state index is 0.115. The normalized spacial score (nSPS) is 29.4. The number of aromatic carboxylic acids is 2. The van der Waals surface area contributed by atoms with Gasteiger partial charge in [0.2, 0.25) is 0 Å². The number of nitrogens with one attached hydrogen (secondary N) is 4. The van der Waals surface area contributed by atoms with Gasteiger partial charge in [-0.1, -0.05) is 41.4 Å². The van der Waals surface area contributed by atoms with Gasteiger partial charge in [0.1, 0.15) is 17.2 Å². The third-order valence-corrected chi connectivity index (χ3v) is 17.7. The van der Waals surface area contributed by atoms with Gasteiger partial charge in [0, 0.05) is 28.9 Å². The van der Waals surface area contributed by atoms with Gasteiger partial charge in [0.25, 0.3) is 0 Å². The van der Waals surface area contributed by atoms with Crippen molar-refractivity contribution < 1.29 is 19.8 Å². The molecule has 4 unspecified atom stereocenters. The minimum atomic E-state index is -1.12. The van der Waals surface area contributed by atoms with Crippen molar-refractivity contribution in [3.05, 3.63) is 148 Å². The molecule has 0 spiro atoms. The topological polar surface area (TPSA) is 161 Å². The van der Waals surface area contributed by atoms with Crippen LogP contribution >= 0.6 is 23.2 Å². The third kappa shape index (κ3) is 7.81. The summed E-state index contributed by atoms with van der Waals surface area (Å²) in [6.07, 6.45) is 17.5. The van der Waals surface area contributed by atoms with Crippen LogP contribution in [0.1, 0.15) is 96.2 Å². The lowest BCUT2D eigenvalue weighted by Crippen LogP contribution is -2.61. The van der Waals surface area contributed by atoms with Crippen molar-refractivity contribution in [1.82, 2.24) is 15.0 Å². The Bertz CT molecular complexity index is 2940. The second-order valence-electron chi connectivity index (χ2n) is 21.0. The average molecular weight is 947 g/mol. The Morgan fingerprint density at radius 3 is 1.62 bits per heavy atom. The number of aromatic nitrogens is 3. The number of carbonyl (C=O) groups is 2. The standard InChI is InChI=1S/C55H53Cl2N7O4/c56-43-19-36(6-12-45(43)60-38-8-10-39(11-9-38)62-48-29-58-28-47(64-48)53(67)68)54-22-30-15-32(24-54)49(33(16-30)25-54)50-34-17-31-18-35(50)27-55(23-31,26-34)37-7-13-46(44(57)20-37)61-40-3-1-4-41(21-40)63-51-42(52(65)66)5-2-14-59-51/h1-14,19-21,28-35,49-50,60-61H,15-18,22-27H2,(H,59,63)(H,62,64)(H,65,66)(H,67,68). The van der Waals surface area contributed by atoms with Gasteiger partial charge in [0.05, 0.1) is 33.8 Å². The molecule has 4 atom stereocenters. The lowest BCUT2D eigenvalue weighted by atomic mass is 9.37. The fourth-order valence-corrected chi connectivity index (χ4v) is 15.6. The molecule has 8 aliphatic carbocycles. The molecule has 8 aliphatic rings. The van der Waals surface area contributed by atoms with Crippen LogP contribution in [0.5, 0.6) is 0 Å². The van der Waals surface area contributed by atoms with Crippen molar-refractivity contribution in [2.45, 2.75) is 75.0 Å². The van der Waals surface area contributed by atoms with Crippen molar-refractivity contribution >= 4 is 80.9 Å². The number of halogens is 2. The van der Waals surface area contributed by atoms with Crippen LogP contribution in [0.3, 0.4) is 0 Å². The first-order valence-corrected chi connectivity index (χ1v) is 24.8. The zero-order valence-electron chi connectivity index (χ0n) is 37.5. The summed E-state index contributed by atoms with van der Waals surface area (Å²) in [5.41, 5.74) is 8.18. The van der Waals surface area contributed by atoms with Gasteiger partial charge in [-0.2, -0.15) is 0 Å². The molecular weight excluding hydrogens is 894 g/mol. The van der Waals surface area contributed by atoms with E-state index in [1.807, 2.05) is 48.5 Å². The van der Waals surface area contributed by atoms with Gasteiger partial charge in [-0.05, 0) is 212 Å². The lowest BCUT2D eigenvalue weighted by molar-refractivity contribution is -0.151. The largest absolute Gasteiger partial charge is 0.478 e. The Morgan fingerprint density at radius 1 is 0.559 bits per heavy atom. The third-order valence-electron chi connectivity index (χ3n) is 17.0. The van der Waals surface area contributed by atoms with Gasteiger partial charge in [0.15, 0.2) is 5.69 Å². The van der Waals surface area contributed by atoms with E-state index in [9.17, 15) is 19.8 Å². The summed E-state index contributed by atoms with van der Waals surface area (Å²) >= 11 is 14.3. The molecule has 13 heteroatoms. The number of carboxylic acid groups (broad SMARTS) is 2. The molecule has 346 valence electrons. The van der Waals surface area contributed by atoms with E-state index in [-0.39, 0.29) is 22.1 Å². The first kappa shape index (κ1) is 43.1. The summed E-state index contributed by atoms with van der Waals surface area (Å²) in [4.78, 5) is 35.4. The maximum atomic E-state index is 11.8. The highest BCUT2D eigenvalue weighted by atomic mass is 35.5. The Balaban J connectivity index is 0.713. The number of nitrogens with zero attached hydrogens (tertiary/aromatic N) is 3. The first-order chi connectivity index (χ1) is 33.0. The van der Waals surface area contributed by atoms with Crippen LogP contribution in [0, 0.1) is 47.3 Å². The number of hydrogen-bond acceptors (Lipinski definition) is 9. The smallest absolute Gasteiger partial charge is 0.356 e. The van der Waals surface area contributed by atoms with Crippen molar-refractivity contribution in [2.24, 2.45) is 47.3 Å². The van der Waals surface area contributed by atoms with Crippen LogP contribution in [-0.4, -0.2) is 37.1 Å². The highest BCUT2D eigenvalue weighted by molar-refractivity contribution is 6.33. The molecule has 0 aliphatic heterocycles. The molecule has 4 aromatic carbocycles. The number of rotatable bonds is 13. The predicted octanol–water partition coefficient (Wildman–Crippen LogP) is 13.6. The molecule has 6 N–H and O–H groups in total. The summed E-state index contributed by atoms with van der Waals surface area (Å²) in [5.74, 6) is 4.84. The van der Waals surface area contributed by atoms with Gasteiger partial charge in [-0.15, -0.1) is 0 Å². The fraction of sp³-hybridized carbons (Fsp3) is 0.364. The van der Waals surface area contributed by atoms with E-state index in [0.29, 0.717) is 11.6 Å². The molecule has 2 heterocycles. The highest BCUT2D eigenvalue weighted by Crippen LogP contribution is 2.71. The van der Waals surface area contributed by atoms with Crippen molar-refractivity contribution in [3.8, 4) is 0 Å². The van der Waals surface area contributed by atoms with E-state index in [4.69, 9.17) is 23.2 Å². The number of benzene rings is 4. The molecule has 0 radical (unpaired) electrons. The summed E-state index contributed by atoms with van der Waals surface area (Å²) in [5, 5.41) is 33.7. The number of fused-ring (bicyclic) bond motifs is 1. The lowest BCUT2D eigenvalue weighted by Gasteiger charge is -2.68. The Kier molecular flexibility index (Phi) is 10.7. The first-order valence-electron chi connectivity index (χ1n) is 24.1. The Labute approximate surface area is 405 Å². The van der Waals surface area contributed by atoms with Crippen molar-refractivity contribution in [1.29, 1.82) is 0 Å². The molecule has 8 fully saturated rings. The van der Waals surface area contributed by atoms with Crippen molar-refractivity contribution in [2.75, 3.05) is 21.3 Å². The van der Waals surface area contributed by atoms with Crippen molar-refractivity contribution in [3.63, 3.8) is 0 Å². The Morgan fingerprint density at radius 2 is 1.09 bits per heavy atom. The van der Waals surface area contributed by atoms with Crippen LogP contribution in [0.25, 0.3) is 0 Å². The molecule has 0 amide bonds. The summed E-state index contributed by atoms with van der Waals surface area (Å²) in [6, 6.07) is 32.1. The SMILES string of the molecule is O=C(O)c1cncc(Nc2ccc(Nc3ccc(C45CC6CC(C4)C(C4C7CC8CC4CC(c4ccc(Nc9cccc(Nc%10ncccc%10C(=O)O)c9)c(Cl)c4)(C8)C7)C(C6)C5)cc3Cl)cc2)n1. The molecule has 2 aromatic heterocycles. The number of hydrogen-bond donors (Lipinski definition) is 6. The quantitative estimate of drug-likeness (QED) is 0.0654. The van der Waals surface area contributed by atoms with Crippen LogP contribution in [0.4, 0.5) is 45.8 Å². The van der Waals surface area contributed by atoms with Gasteiger partial charge < -0.3 is 31.5 Å². The number of pyridine rings is 1. The summed E-state index contributed by atoms with van der Waals surface area (Å²) < 4.78 is 0.